The molecule has 2 aliphatic heterocycles. The number of ether oxygens (including phenoxy) is 1. The monoisotopic (exact) mass is 489 g/mol. The lowest BCUT2D eigenvalue weighted by atomic mass is 9.89. The Balaban J connectivity index is 1.33. The van der Waals surface area contributed by atoms with Crippen molar-refractivity contribution in [3.05, 3.63) is 82.0 Å². The van der Waals surface area contributed by atoms with E-state index in [4.69, 9.17) is 16.3 Å². The quantitative estimate of drug-likeness (QED) is 0.440. The van der Waals surface area contributed by atoms with Gasteiger partial charge in [0.1, 0.15) is 17.3 Å². The molecular formula is C28H28ClN3O3. The number of amides is 1. The molecule has 3 heterocycles. The molecule has 2 N–H and O–H groups in total. The second-order valence-electron chi connectivity index (χ2n) is 9.04. The number of aromatic amines is 1. The zero-order valence-corrected chi connectivity index (χ0v) is 20.4. The van der Waals surface area contributed by atoms with Crippen LogP contribution in [-0.2, 0) is 11.2 Å². The van der Waals surface area contributed by atoms with Gasteiger partial charge in [0.25, 0.3) is 5.91 Å². The molecule has 0 radical (unpaired) electrons. The standard InChI is InChI=1S/C28H28ClN3O3/c1-3-22(23-8-11-31-27(23)30-2)24-16-20(29)14-19-15-25(35-26(19)24)28(34)32-12-9-18(10-13-32)17-4-6-21(33)7-5-17/h3-8,11,14,16,18,25,31,33H,2,9-10,12-13,15H2,1H3/b22-3+/t25-/m0/s1. The van der Waals surface area contributed by atoms with Crippen LogP contribution in [0.3, 0.4) is 0 Å². The number of H-pyrrole nitrogens is 1. The molecular weight excluding hydrogens is 462 g/mol. The van der Waals surface area contributed by atoms with Crippen molar-refractivity contribution < 1.29 is 14.6 Å². The fourth-order valence-electron chi connectivity index (χ4n) is 5.21. The number of nitrogens with one attached hydrogen (secondary N) is 1. The molecule has 0 spiro atoms. The predicted molar refractivity (Wildman–Crippen MR) is 139 cm³/mol. The van der Waals surface area contributed by atoms with Crippen LogP contribution in [0.5, 0.6) is 11.5 Å². The minimum Gasteiger partial charge on any atom is -0.508 e. The third-order valence-electron chi connectivity index (χ3n) is 6.99. The third kappa shape index (κ3) is 4.46. The number of aliphatic imine (C=N–C) groups is 1. The minimum atomic E-state index is -0.561. The zero-order valence-electron chi connectivity index (χ0n) is 19.6. The first kappa shape index (κ1) is 23.2. The molecule has 2 aliphatic rings. The van der Waals surface area contributed by atoms with Crippen LogP contribution in [0.15, 0.2) is 59.7 Å². The van der Waals surface area contributed by atoms with Gasteiger partial charge in [-0.05, 0) is 73.9 Å². The summed E-state index contributed by atoms with van der Waals surface area (Å²) in [7, 11) is 0. The second kappa shape index (κ2) is 9.62. The first-order valence-corrected chi connectivity index (χ1v) is 12.2. The molecule has 3 aromatic rings. The van der Waals surface area contributed by atoms with Gasteiger partial charge in [-0.15, -0.1) is 0 Å². The van der Waals surface area contributed by atoms with Crippen LogP contribution in [0.25, 0.3) is 5.57 Å². The van der Waals surface area contributed by atoms with Crippen LogP contribution in [0.4, 0.5) is 5.82 Å². The van der Waals surface area contributed by atoms with Crippen molar-refractivity contribution in [2.24, 2.45) is 4.99 Å². The SMILES string of the molecule is C=Nc1[nH]ccc1/C(=C\C)c1cc(Cl)cc2c1O[C@H](C(=O)N1CCC(c3ccc(O)cc3)CC1)C2. The van der Waals surface area contributed by atoms with E-state index in [1.165, 1.54) is 5.56 Å². The van der Waals surface area contributed by atoms with Gasteiger partial charge < -0.3 is 19.7 Å². The molecule has 0 aliphatic carbocycles. The second-order valence-corrected chi connectivity index (χ2v) is 9.48. The Kier molecular flexibility index (Phi) is 6.39. The largest absolute Gasteiger partial charge is 0.508 e. The number of rotatable bonds is 5. The molecule has 0 unspecified atom stereocenters. The minimum absolute atomic E-state index is 0.0181. The molecule has 0 bridgehead atoms. The number of likely N-dealkylation sites (tertiary alicyclic amines) is 1. The fraction of sp³-hybridized carbons (Fsp3) is 0.286. The summed E-state index contributed by atoms with van der Waals surface area (Å²) in [5.41, 5.74) is 4.82. The first-order chi connectivity index (χ1) is 17.0. The van der Waals surface area contributed by atoms with Gasteiger partial charge in [0.05, 0.1) is 0 Å². The predicted octanol–water partition coefficient (Wildman–Crippen LogP) is 5.87. The lowest BCUT2D eigenvalue weighted by Gasteiger charge is -2.33. The molecule has 35 heavy (non-hydrogen) atoms. The van der Waals surface area contributed by atoms with Gasteiger partial charge >= 0.3 is 0 Å². The van der Waals surface area contributed by atoms with Crippen LogP contribution < -0.4 is 4.74 Å². The number of fused-ring (bicyclic) bond motifs is 1. The average Bonchev–Trinajstić information content (AvgIpc) is 3.52. The molecule has 1 saturated heterocycles. The molecule has 2 aromatic carbocycles. The number of carbonyl (C=O) groups is 1. The number of allylic oxidation sites excluding steroid dienone is 1. The van der Waals surface area contributed by atoms with Crippen molar-refractivity contribution in [1.29, 1.82) is 0 Å². The molecule has 7 heteroatoms. The van der Waals surface area contributed by atoms with E-state index in [0.29, 0.717) is 42.0 Å². The van der Waals surface area contributed by atoms with E-state index in [0.717, 1.165) is 35.1 Å². The molecule has 1 aromatic heterocycles. The van der Waals surface area contributed by atoms with Gasteiger partial charge in [-0.2, -0.15) is 0 Å². The highest BCUT2D eigenvalue weighted by Gasteiger charge is 2.36. The highest BCUT2D eigenvalue weighted by molar-refractivity contribution is 6.31. The summed E-state index contributed by atoms with van der Waals surface area (Å²) in [5.74, 6) is 2.06. The number of hydrogen-bond donors (Lipinski definition) is 2. The maximum Gasteiger partial charge on any atom is 0.263 e. The fourth-order valence-corrected chi connectivity index (χ4v) is 5.45. The van der Waals surface area contributed by atoms with E-state index in [-0.39, 0.29) is 11.7 Å². The van der Waals surface area contributed by atoms with Gasteiger partial charge in [-0.1, -0.05) is 29.8 Å². The number of phenolic OH excluding ortho intramolecular Hbond substituents is 1. The lowest BCUT2D eigenvalue weighted by Crippen LogP contribution is -2.45. The number of hydrogen-bond acceptors (Lipinski definition) is 4. The molecule has 1 amide bonds. The summed E-state index contributed by atoms with van der Waals surface area (Å²) in [4.78, 5) is 22.5. The number of benzene rings is 2. The Morgan fingerprint density at radius 1 is 1.20 bits per heavy atom. The van der Waals surface area contributed by atoms with Gasteiger partial charge in [0, 0.05) is 47.4 Å². The number of nitrogens with zero attached hydrogens (tertiary/aromatic N) is 2. The Morgan fingerprint density at radius 3 is 2.63 bits per heavy atom. The lowest BCUT2D eigenvalue weighted by molar-refractivity contribution is -0.139. The molecule has 6 nitrogen and oxygen atoms in total. The molecule has 5 rings (SSSR count). The number of phenols is 1. The molecule has 0 saturated carbocycles. The van der Waals surface area contributed by atoms with Gasteiger partial charge in [-0.3, -0.25) is 4.79 Å². The van der Waals surface area contributed by atoms with E-state index in [1.807, 2.05) is 54.4 Å². The summed E-state index contributed by atoms with van der Waals surface area (Å²) in [6, 6.07) is 13.1. The first-order valence-electron chi connectivity index (χ1n) is 11.9. The third-order valence-corrected chi connectivity index (χ3v) is 7.21. The number of aromatic nitrogens is 1. The maximum atomic E-state index is 13.4. The summed E-state index contributed by atoms with van der Waals surface area (Å²) in [6.07, 6.45) is 5.53. The van der Waals surface area contributed by atoms with Crippen LogP contribution in [0, 0.1) is 0 Å². The average molecular weight is 490 g/mol. The Hall–Kier alpha value is -3.51. The van der Waals surface area contributed by atoms with Gasteiger partial charge in [-0.25, -0.2) is 4.99 Å². The van der Waals surface area contributed by atoms with Crippen LogP contribution in [-0.4, -0.2) is 46.8 Å². The van der Waals surface area contributed by atoms with Crippen molar-refractivity contribution in [3.63, 3.8) is 0 Å². The van der Waals surface area contributed by atoms with Crippen molar-refractivity contribution in [2.45, 2.75) is 38.2 Å². The van der Waals surface area contributed by atoms with E-state index in [1.54, 1.807) is 12.1 Å². The van der Waals surface area contributed by atoms with Crippen LogP contribution in [0.2, 0.25) is 5.02 Å². The Morgan fingerprint density at radius 2 is 1.94 bits per heavy atom. The Labute approximate surface area is 209 Å². The maximum absolute atomic E-state index is 13.4. The zero-order chi connectivity index (χ0) is 24.5. The normalized spacial score (nSPS) is 18.3. The molecule has 1 atom stereocenters. The number of piperidine rings is 1. The van der Waals surface area contributed by atoms with Crippen molar-refractivity contribution in [2.75, 3.05) is 13.1 Å². The van der Waals surface area contributed by atoms with Crippen molar-refractivity contribution in [3.8, 4) is 11.5 Å². The number of carbonyl (C=O) groups excluding carboxylic acids is 1. The van der Waals surface area contributed by atoms with Crippen molar-refractivity contribution >= 4 is 35.6 Å². The van der Waals surface area contributed by atoms with E-state index in [9.17, 15) is 9.90 Å². The Bertz CT molecular complexity index is 1290. The summed E-state index contributed by atoms with van der Waals surface area (Å²) in [6.45, 7) is 6.98. The molecule has 180 valence electrons. The summed E-state index contributed by atoms with van der Waals surface area (Å²) in [5, 5.41) is 10.1. The smallest absolute Gasteiger partial charge is 0.263 e. The number of halogens is 1. The van der Waals surface area contributed by atoms with Gasteiger partial charge in [0.15, 0.2) is 6.10 Å². The summed E-state index contributed by atoms with van der Waals surface area (Å²) >= 11 is 6.49. The van der Waals surface area contributed by atoms with Gasteiger partial charge in [0.2, 0.25) is 0 Å². The van der Waals surface area contributed by atoms with Crippen molar-refractivity contribution in [1.82, 2.24) is 9.88 Å². The summed E-state index contributed by atoms with van der Waals surface area (Å²) < 4.78 is 6.31. The molecule has 1 fully saturated rings. The topological polar surface area (TPSA) is 77.9 Å². The van der Waals surface area contributed by atoms with E-state index >= 15 is 0 Å². The van der Waals surface area contributed by atoms with Crippen LogP contribution in [0.1, 0.15) is 47.9 Å². The highest BCUT2D eigenvalue weighted by atomic mass is 35.5. The van der Waals surface area contributed by atoms with Crippen LogP contribution >= 0.6 is 11.6 Å². The number of aromatic hydroxyl groups is 1. The highest BCUT2D eigenvalue weighted by Crippen LogP contribution is 2.43. The van der Waals surface area contributed by atoms with E-state index < -0.39 is 6.10 Å². The van der Waals surface area contributed by atoms with E-state index in [2.05, 4.69) is 16.7 Å².